The van der Waals surface area contributed by atoms with Gasteiger partial charge in [0.1, 0.15) is 5.75 Å². The summed E-state index contributed by atoms with van der Waals surface area (Å²) >= 11 is 7.44. The van der Waals surface area contributed by atoms with Gasteiger partial charge in [-0.25, -0.2) is 0 Å². The van der Waals surface area contributed by atoms with E-state index in [0.29, 0.717) is 5.02 Å². The first-order valence-electron chi connectivity index (χ1n) is 7.97. The van der Waals surface area contributed by atoms with Crippen molar-refractivity contribution in [2.24, 2.45) is 0 Å². The summed E-state index contributed by atoms with van der Waals surface area (Å²) < 4.78 is 5.66. The highest BCUT2D eigenvalue weighted by Gasteiger charge is 2.18. The van der Waals surface area contributed by atoms with Crippen molar-refractivity contribution >= 4 is 35.0 Å². The molecular formula is C19H22ClNO2S. The summed E-state index contributed by atoms with van der Waals surface area (Å²) in [4.78, 5) is 13.6. The molecule has 0 unspecified atom stereocenters. The first kappa shape index (κ1) is 18.7. The Labute approximate surface area is 152 Å². The Hall–Kier alpha value is -1.65. The number of carbonyl (C=O) groups excluding carboxylic acids is 1. The molecule has 0 saturated carbocycles. The van der Waals surface area contributed by atoms with Crippen LogP contribution in [0.15, 0.2) is 53.4 Å². The van der Waals surface area contributed by atoms with Gasteiger partial charge in [-0.3, -0.25) is 4.79 Å². The van der Waals surface area contributed by atoms with Gasteiger partial charge in [-0.15, -0.1) is 11.8 Å². The van der Waals surface area contributed by atoms with Gasteiger partial charge in [-0.05, 0) is 56.7 Å². The van der Waals surface area contributed by atoms with Crippen LogP contribution in [-0.2, 0) is 4.79 Å². The van der Waals surface area contributed by atoms with Crippen LogP contribution >= 0.6 is 23.4 Å². The smallest absolute Gasteiger partial charge is 0.237 e. The van der Waals surface area contributed by atoms with Crippen LogP contribution in [0.4, 0.5) is 5.69 Å². The molecule has 0 fully saturated rings. The third-order valence-electron chi connectivity index (χ3n) is 3.23. The molecule has 5 heteroatoms. The summed E-state index contributed by atoms with van der Waals surface area (Å²) in [6.07, 6.45) is 0.834. The summed E-state index contributed by atoms with van der Waals surface area (Å²) in [6.45, 7) is 5.95. The maximum Gasteiger partial charge on any atom is 0.237 e. The fourth-order valence-electron chi connectivity index (χ4n) is 2.14. The lowest BCUT2D eigenvalue weighted by atomic mass is 10.2. The van der Waals surface area contributed by atoms with E-state index in [1.807, 2.05) is 69.3 Å². The van der Waals surface area contributed by atoms with E-state index in [0.717, 1.165) is 22.8 Å². The number of ether oxygens (including phenoxy) is 1. The molecule has 2 aromatic carbocycles. The average molecular weight is 364 g/mol. The first-order valence-corrected chi connectivity index (χ1v) is 9.23. The maximum atomic E-state index is 12.5. The standard InChI is InChI=1S/C19H22ClNO2S/c1-4-18(24-17-10-8-14(20)9-11-17)19(22)21-15-6-5-7-16(12-15)23-13(2)3/h5-13,18H,4H2,1-3H3,(H,21,22)/t18-/m0/s1. The molecule has 1 N–H and O–H groups in total. The van der Waals surface area contributed by atoms with E-state index in [1.54, 1.807) is 0 Å². The fourth-order valence-corrected chi connectivity index (χ4v) is 3.22. The lowest BCUT2D eigenvalue weighted by Crippen LogP contribution is -2.24. The molecule has 2 aromatic rings. The van der Waals surface area contributed by atoms with Crippen LogP contribution in [-0.4, -0.2) is 17.3 Å². The zero-order valence-corrected chi connectivity index (χ0v) is 15.7. The molecule has 0 spiro atoms. The summed E-state index contributed by atoms with van der Waals surface area (Å²) in [6, 6.07) is 15.0. The second kappa shape index (κ2) is 9.00. The molecule has 0 aromatic heterocycles. The lowest BCUT2D eigenvalue weighted by molar-refractivity contribution is -0.115. The van der Waals surface area contributed by atoms with Crippen molar-refractivity contribution in [1.29, 1.82) is 0 Å². The predicted molar refractivity (Wildman–Crippen MR) is 102 cm³/mol. The molecule has 0 saturated heterocycles. The lowest BCUT2D eigenvalue weighted by Gasteiger charge is -2.16. The SMILES string of the molecule is CC[C@H](Sc1ccc(Cl)cc1)C(=O)Nc1cccc(OC(C)C)c1. The molecule has 128 valence electrons. The van der Waals surface area contributed by atoms with Gasteiger partial charge in [0.25, 0.3) is 0 Å². The molecule has 1 atom stereocenters. The number of rotatable bonds is 7. The van der Waals surface area contributed by atoms with Crippen LogP contribution in [0.2, 0.25) is 5.02 Å². The normalized spacial score (nSPS) is 12.0. The predicted octanol–water partition coefficient (Wildman–Crippen LogP) is 5.64. The van der Waals surface area contributed by atoms with Crippen LogP contribution < -0.4 is 10.1 Å². The van der Waals surface area contributed by atoms with Crippen LogP contribution in [0.5, 0.6) is 5.75 Å². The molecule has 0 aliphatic heterocycles. The van der Waals surface area contributed by atoms with Gasteiger partial charge < -0.3 is 10.1 Å². The molecule has 0 aliphatic rings. The summed E-state index contributed by atoms with van der Waals surface area (Å²) in [5.74, 6) is 0.736. The summed E-state index contributed by atoms with van der Waals surface area (Å²) in [7, 11) is 0. The molecule has 24 heavy (non-hydrogen) atoms. The number of amides is 1. The Balaban J connectivity index is 2.02. The monoisotopic (exact) mass is 363 g/mol. The summed E-state index contributed by atoms with van der Waals surface area (Å²) in [5, 5.41) is 3.50. The Kier molecular flexibility index (Phi) is 7.00. The summed E-state index contributed by atoms with van der Waals surface area (Å²) in [5.41, 5.74) is 0.744. The van der Waals surface area contributed by atoms with Crippen molar-refractivity contribution in [2.45, 2.75) is 43.4 Å². The fraction of sp³-hybridized carbons (Fsp3) is 0.316. The van der Waals surface area contributed by atoms with Gasteiger partial charge in [0.05, 0.1) is 11.4 Å². The minimum Gasteiger partial charge on any atom is -0.491 e. The highest BCUT2D eigenvalue weighted by atomic mass is 35.5. The highest BCUT2D eigenvalue weighted by Crippen LogP contribution is 2.28. The number of halogens is 1. The number of nitrogens with one attached hydrogen (secondary N) is 1. The van der Waals surface area contributed by atoms with Gasteiger partial charge >= 0.3 is 0 Å². The number of hydrogen-bond acceptors (Lipinski definition) is 3. The molecule has 1 amide bonds. The van der Waals surface area contributed by atoms with Crippen LogP contribution in [0.25, 0.3) is 0 Å². The number of thioether (sulfide) groups is 1. The molecule has 0 radical (unpaired) electrons. The Bertz CT molecular complexity index is 673. The zero-order valence-electron chi connectivity index (χ0n) is 14.1. The van der Waals surface area contributed by atoms with Gasteiger partial charge in [-0.1, -0.05) is 24.6 Å². The number of hydrogen-bond donors (Lipinski definition) is 1. The second-order valence-corrected chi connectivity index (χ2v) is 7.36. The van der Waals surface area contributed by atoms with E-state index in [2.05, 4.69) is 5.32 Å². The molecular weight excluding hydrogens is 342 g/mol. The Morgan fingerprint density at radius 3 is 2.54 bits per heavy atom. The minimum atomic E-state index is -0.166. The van der Waals surface area contributed by atoms with Gasteiger partial charge in [-0.2, -0.15) is 0 Å². The maximum absolute atomic E-state index is 12.5. The first-order chi connectivity index (χ1) is 11.5. The third-order valence-corrected chi connectivity index (χ3v) is 4.86. The van der Waals surface area contributed by atoms with Crippen molar-refractivity contribution in [1.82, 2.24) is 0 Å². The van der Waals surface area contributed by atoms with Gasteiger partial charge in [0.15, 0.2) is 0 Å². The zero-order chi connectivity index (χ0) is 17.5. The molecule has 3 nitrogen and oxygen atoms in total. The average Bonchev–Trinajstić information content (AvgIpc) is 2.54. The molecule has 0 heterocycles. The number of benzene rings is 2. The van der Waals surface area contributed by atoms with Crippen molar-refractivity contribution in [3.8, 4) is 5.75 Å². The van der Waals surface area contributed by atoms with E-state index < -0.39 is 0 Å². The van der Waals surface area contributed by atoms with Crippen molar-refractivity contribution in [3.05, 3.63) is 53.6 Å². The van der Waals surface area contributed by atoms with Crippen LogP contribution in [0.1, 0.15) is 27.2 Å². The van der Waals surface area contributed by atoms with Crippen molar-refractivity contribution in [3.63, 3.8) is 0 Å². The topological polar surface area (TPSA) is 38.3 Å². The van der Waals surface area contributed by atoms with Crippen molar-refractivity contribution < 1.29 is 9.53 Å². The largest absolute Gasteiger partial charge is 0.491 e. The third kappa shape index (κ3) is 5.77. The van der Waals surface area contributed by atoms with E-state index >= 15 is 0 Å². The number of carbonyl (C=O) groups is 1. The van der Waals surface area contributed by atoms with E-state index in [1.165, 1.54) is 11.8 Å². The molecule has 0 bridgehead atoms. The van der Waals surface area contributed by atoms with Gasteiger partial charge in [0.2, 0.25) is 5.91 Å². The van der Waals surface area contributed by atoms with Gasteiger partial charge in [0, 0.05) is 21.7 Å². The Morgan fingerprint density at radius 2 is 1.92 bits per heavy atom. The Morgan fingerprint density at radius 1 is 1.21 bits per heavy atom. The highest BCUT2D eigenvalue weighted by molar-refractivity contribution is 8.00. The van der Waals surface area contributed by atoms with E-state index in [4.69, 9.17) is 16.3 Å². The van der Waals surface area contributed by atoms with Crippen LogP contribution in [0, 0.1) is 0 Å². The van der Waals surface area contributed by atoms with Crippen molar-refractivity contribution in [2.75, 3.05) is 5.32 Å². The minimum absolute atomic E-state index is 0.0147. The second-order valence-electron chi connectivity index (χ2n) is 5.65. The van der Waals surface area contributed by atoms with E-state index in [9.17, 15) is 4.79 Å². The number of anilines is 1. The molecule has 0 aliphatic carbocycles. The molecule has 2 rings (SSSR count). The van der Waals surface area contributed by atoms with E-state index in [-0.39, 0.29) is 17.3 Å². The van der Waals surface area contributed by atoms with Crippen LogP contribution in [0.3, 0.4) is 0 Å². The quantitative estimate of drug-likeness (QED) is 0.647.